The van der Waals surface area contributed by atoms with Crippen LogP contribution in [0.5, 0.6) is 0 Å². The van der Waals surface area contributed by atoms with Crippen molar-refractivity contribution >= 4 is 12.1 Å². The van der Waals surface area contributed by atoms with Crippen LogP contribution in [0.25, 0.3) is 0 Å². The van der Waals surface area contributed by atoms with Crippen molar-refractivity contribution in [1.29, 1.82) is 0 Å². The van der Waals surface area contributed by atoms with E-state index in [0.717, 1.165) is 19.0 Å². The first-order valence-corrected chi connectivity index (χ1v) is 8.71. The summed E-state index contributed by atoms with van der Waals surface area (Å²) in [6.45, 7) is 11.9. The van der Waals surface area contributed by atoms with Gasteiger partial charge in [0, 0.05) is 44.1 Å². The normalized spacial score (nSPS) is 28.6. The quantitative estimate of drug-likeness (QED) is 0.410. The molecule has 1 aliphatic carbocycles. The summed E-state index contributed by atoms with van der Waals surface area (Å²) in [6, 6.07) is 0.356. The third-order valence-corrected chi connectivity index (χ3v) is 4.70. The highest BCUT2D eigenvalue weighted by Crippen LogP contribution is 2.51. The largest absolute Gasteiger partial charge is 0.444 e. The smallest absolute Gasteiger partial charge is 0.407 e. The number of carbonyl (C=O) groups is 1. The predicted octanol–water partition coefficient (Wildman–Crippen LogP) is 1.49. The van der Waals surface area contributed by atoms with Crippen LogP contribution in [-0.4, -0.2) is 56.5 Å². The van der Waals surface area contributed by atoms with Crippen LogP contribution >= 0.6 is 0 Å². The van der Waals surface area contributed by atoms with Gasteiger partial charge in [0.25, 0.3) is 0 Å². The lowest BCUT2D eigenvalue weighted by molar-refractivity contribution is -0.106. The lowest BCUT2D eigenvalue weighted by atomic mass is 9.57. The van der Waals surface area contributed by atoms with Crippen molar-refractivity contribution in [3.63, 3.8) is 0 Å². The molecule has 0 bridgehead atoms. The molecule has 0 radical (unpaired) electrons. The maximum atomic E-state index is 11.6. The molecule has 1 saturated heterocycles. The van der Waals surface area contributed by atoms with Crippen LogP contribution in [0.4, 0.5) is 4.79 Å². The number of fused-ring (bicyclic) bond motifs is 1. The number of carbonyl (C=O) groups excluding carboxylic acids is 1. The van der Waals surface area contributed by atoms with Crippen LogP contribution < -0.4 is 16.0 Å². The van der Waals surface area contributed by atoms with Gasteiger partial charge in [0.15, 0.2) is 5.96 Å². The highest BCUT2D eigenvalue weighted by molar-refractivity contribution is 5.80. The Kier molecular flexibility index (Phi) is 5.63. The zero-order valence-corrected chi connectivity index (χ0v) is 15.7. The second kappa shape index (κ2) is 7.17. The summed E-state index contributed by atoms with van der Waals surface area (Å²) < 4.78 is 11.0. The monoisotopic (exact) mass is 340 g/mol. The van der Waals surface area contributed by atoms with E-state index in [1.807, 2.05) is 20.8 Å². The number of rotatable bonds is 4. The Hall–Kier alpha value is -1.50. The predicted molar refractivity (Wildman–Crippen MR) is 94.2 cm³/mol. The van der Waals surface area contributed by atoms with Crippen molar-refractivity contribution in [2.45, 2.75) is 58.8 Å². The van der Waals surface area contributed by atoms with E-state index >= 15 is 0 Å². The molecule has 0 aromatic carbocycles. The minimum Gasteiger partial charge on any atom is -0.444 e. The number of hydrogen-bond acceptors (Lipinski definition) is 4. The summed E-state index contributed by atoms with van der Waals surface area (Å²) in [7, 11) is 1.75. The zero-order chi connectivity index (χ0) is 18.0. The SMILES string of the molecule is CN=C(NCCNC(=O)OC(C)(C)C)NC1C2CCOC2C1(C)C. The molecule has 0 aromatic rings. The molecule has 1 amide bonds. The molecule has 0 spiro atoms. The third kappa shape index (κ3) is 4.32. The molecular weight excluding hydrogens is 308 g/mol. The molecular formula is C17H32N4O3. The van der Waals surface area contributed by atoms with Gasteiger partial charge >= 0.3 is 6.09 Å². The molecule has 2 aliphatic rings. The van der Waals surface area contributed by atoms with Gasteiger partial charge in [0.1, 0.15) is 5.60 Å². The average Bonchev–Trinajstić information content (AvgIpc) is 2.91. The lowest BCUT2D eigenvalue weighted by Crippen LogP contribution is -2.68. The van der Waals surface area contributed by atoms with Gasteiger partial charge in [-0.3, -0.25) is 4.99 Å². The van der Waals surface area contributed by atoms with Gasteiger partial charge in [-0.15, -0.1) is 0 Å². The van der Waals surface area contributed by atoms with Gasteiger partial charge in [-0.1, -0.05) is 13.8 Å². The van der Waals surface area contributed by atoms with Crippen molar-refractivity contribution < 1.29 is 14.3 Å². The Morgan fingerprint density at radius 3 is 2.58 bits per heavy atom. The fourth-order valence-electron chi connectivity index (χ4n) is 3.62. The number of hydrogen-bond donors (Lipinski definition) is 3. The molecule has 1 saturated carbocycles. The van der Waals surface area contributed by atoms with Crippen LogP contribution in [0.2, 0.25) is 0 Å². The Bertz CT molecular complexity index is 485. The summed E-state index contributed by atoms with van der Waals surface area (Å²) in [5, 5.41) is 9.47. The second-order valence-corrected chi connectivity index (χ2v) is 8.11. The number of amides is 1. The van der Waals surface area contributed by atoms with Crippen molar-refractivity contribution in [2.24, 2.45) is 16.3 Å². The number of aliphatic imine (C=N–C) groups is 1. The number of nitrogens with one attached hydrogen (secondary N) is 3. The number of nitrogens with zero attached hydrogens (tertiary/aromatic N) is 1. The fraction of sp³-hybridized carbons (Fsp3) is 0.882. The van der Waals surface area contributed by atoms with Gasteiger partial charge in [0.2, 0.25) is 0 Å². The molecule has 7 heteroatoms. The minimum atomic E-state index is -0.481. The van der Waals surface area contributed by atoms with Crippen molar-refractivity contribution in [3.05, 3.63) is 0 Å². The van der Waals surface area contributed by atoms with E-state index in [-0.39, 0.29) is 5.41 Å². The summed E-state index contributed by atoms with van der Waals surface area (Å²) >= 11 is 0. The molecule has 24 heavy (non-hydrogen) atoms. The Labute approximate surface area is 145 Å². The highest BCUT2D eigenvalue weighted by Gasteiger charge is 2.59. The van der Waals surface area contributed by atoms with E-state index in [0.29, 0.717) is 31.2 Å². The summed E-state index contributed by atoms with van der Waals surface area (Å²) in [4.78, 5) is 15.9. The van der Waals surface area contributed by atoms with Crippen LogP contribution in [0.1, 0.15) is 41.0 Å². The molecule has 7 nitrogen and oxygen atoms in total. The van der Waals surface area contributed by atoms with Crippen molar-refractivity contribution in [2.75, 3.05) is 26.7 Å². The molecule has 3 unspecified atom stereocenters. The molecule has 1 aliphatic heterocycles. The zero-order valence-electron chi connectivity index (χ0n) is 15.7. The Morgan fingerprint density at radius 1 is 1.29 bits per heavy atom. The number of ether oxygens (including phenoxy) is 2. The molecule has 3 N–H and O–H groups in total. The summed E-state index contributed by atoms with van der Waals surface area (Å²) in [5.41, 5.74) is -0.377. The van der Waals surface area contributed by atoms with E-state index in [9.17, 15) is 4.79 Å². The Balaban J connectivity index is 1.71. The molecule has 2 rings (SSSR count). The number of alkyl carbamates (subject to hydrolysis) is 1. The summed E-state index contributed by atoms with van der Waals surface area (Å²) in [6.07, 6.45) is 1.04. The standard InChI is InChI=1S/C17H32N4O3/c1-16(2,3)24-15(22)20-9-8-19-14(18-6)21-12-11-7-10-23-13(11)17(12,4)5/h11-13H,7-10H2,1-6H3,(H,20,22)(H2,18,19,21). The van der Waals surface area contributed by atoms with Crippen LogP contribution in [0.15, 0.2) is 4.99 Å². The van der Waals surface area contributed by atoms with Crippen LogP contribution in [-0.2, 0) is 9.47 Å². The molecule has 138 valence electrons. The van der Waals surface area contributed by atoms with E-state index in [2.05, 4.69) is 34.8 Å². The van der Waals surface area contributed by atoms with Gasteiger partial charge in [-0.25, -0.2) is 4.79 Å². The van der Waals surface area contributed by atoms with Gasteiger partial charge in [0.05, 0.1) is 6.10 Å². The third-order valence-electron chi connectivity index (χ3n) is 4.70. The lowest BCUT2D eigenvalue weighted by Gasteiger charge is -2.54. The highest BCUT2D eigenvalue weighted by atomic mass is 16.6. The average molecular weight is 340 g/mol. The van der Waals surface area contributed by atoms with Gasteiger partial charge in [-0.05, 0) is 27.2 Å². The molecule has 2 fully saturated rings. The first-order valence-electron chi connectivity index (χ1n) is 8.71. The molecule has 3 atom stereocenters. The molecule has 0 aromatic heterocycles. The first-order chi connectivity index (χ1) is 11.1. The van der Waals surface area contributed by atoms with E-state index in [1.165, 1.54) is 0 Å². The summed E-state index contributed by atoms with van der Waals surface area (Å²) in [5.74, 6) is 1.31. The minimum absolute atomic E-state index is 0.105. The fourth-order valence-corrected chi connectivity index (χ4v) is 3.62. The van der Waals surface area contributed by atoms with Gasteiger partial charge < -0.3 is 25.4 Å². The molecule has 1 heterocycles. The maximum absolute atomic E-state index is 11.6. The van der Waals surface area contributed by atoms with E-state index < -0.39 is 11.7 Å². The maximum Gasteiger partial charge on any atom is 0.407 e. The van der Waals surface area contributed by atoms with Gasteiger partial charge in [-0.2, -0.15) is 0 Å². The van der Waals surface area contributed by atoms with E-state index in [4.69, 9.17) is 9.47 Å². The number of guanidine groups is 1. The topological polar surface area (TPSA) is 84.0 Å². The van der Waals surface area contributed by atoms with E-state index in [1.54, 1.807) is 7.05 Å². The van der Waals surface area contributed by atoms with Crippen LogP contribution in [0, 0.1) is 11.3 Å². The van der Waals surface area contributed by atoms with Crippen molar-refractivity contribution in [1.82, 2.24) is 16.0 Å². The first kappa shape index (κ1) is 18.8. The second-order valence-electron chi connectivity index (χ2n) is 8.11. The van der Waals surface area contributed by atoms with Crippen LogP contribution in [0.3, 0.4) is 0 Å². The van der Waals surface area contributed by atoms with Crippen molar-refractivity contribution in [3.8, 4) is 0 Å². The Morgan fingerprint density at radius 2 is 1.96 bits per heavy atom.